The van der Waals surface area contributed by atoms with Gasteiger partial charge in [-0.1, -0.05) is 158 Å². The summed E-state index contributed by atoms with van der Waals surface area (Å²) >= 11 is 0. The van der Waals surface area contributed by atoms with Crippen LogP contribution >= 0.6 is 0 Å². The number of nitrogens with two attached hydrogens (primary N) is 1. The van der Waals surface area contributed by atoms with Gasteiger partial charge in [0, 0.05) is 27.6 Å². The third-order valence-corrected chi connectivity index (χ3v) is 9.43. The summed E-state index contributed by atoms with van der Waals surface area (Å²) in [5.41, 5.74) is 20.3. The SMILES string of the molecule is Nc1ccc(-c2ccc(-c3ccccc3)cc2)c(-c2ccc(-c3cccc4c3oc3c(-c5ccccc5)cc5ccccc5c34)cc2)c1. The average molecular weight is 614 g/mol. The maximum Gasteiger partial charge on any atom is 0.143 e. The van der Waals surface area contributed by atoms with E-state index < -0.39 is 0 Å². The number of nitrogen functional groups attached to an aromatic ring is 1. The van der Waals surface area contributed by atoms with Gasteiger partial charge in [-0.3, -0.25) is 0 Å². The van der Waals surface area contributed by atoms with Crippen LogP contribution in [0.4, 0.5) is 5.69 Å². The zero-order valence-corrected chi connectivity index (χ0v) is 26.2. The van der Waals surface area contributed by atoms with E-state index in [-0.39, 0.29) is 0 Å². The summed E-state index contributed by atoms with van der Waals surface area (Å²) < 4.78 is 6.86. The number of para-hydroxylation sites is 1. The summed E-state index contributed by atoms with van der Waals surface area (Å²) in [6.45, 7) is 0. The molecule has 0 saturated heterocycles. The van der Waals surface area contributed by atoms with E-state index in [9.17, 15) is 0 Å². The number of benzene rings is 8. The highest BCUT2D eigenvalue weighted by molar-refractivity contribution is 6.24. The van der Waals surface area contributed by atoms with Crippen molar-refractivity contribution in [3.63, 3.8) is 0 Å². The minimum absolute atomic E-state index is 0.743. The molecule has 9 rings (SSSR count). The number of rotatable bonds is 5. The Morgan fingerprint density at radius 3 is 1.60 bits per heavy atom. The van der Waals surface area contributed by atoms with Gasteiger partial charge in [0.05, 0.1) is 0 Å². The first-order valence-corrected chi connectivity index (χ1v) is 16.3. The number of fused-ring (bicyclic) bond motifs is 5. The van der Waals surface area contributed by atoms with Crippen molar-refractivity contribution in [1.82, 2.24) is 0 Å². The van der Waals surface area contributed by atoms with Crippen molar-refractivity contribution in [2.24, 2.45) is 0 Å². The fourth-order valence-electron chi connectivity index (χ4n) is 7.06. The molecule has 0 atom stereocenters. The molecule has 226 valence electrons. The summed E-state index contributed by atoms with van der Waals surface area (Å²) in [4.78, 5) is 0. The Hall–Kier alpha value is -6.38. The van der Waals surface area contributed by atoms with Crippen molar-refractivity contribution >= 4 is 38.4 Å². The molecule has 0 spiro atoms. The van der Waals surface area contributed by atoms with E-state index in [1.165, 1.54) is 21.9 Å². The Morgan fingerprint density at radius 1 is 0.333 bits per heavy atom. The Bertz CT molecular complexity index is 2580. The monoisotopic (exact) mass is 613 g/mol. The lowest BCUT2D eigenvalue weighted by Crippen LogP contribution is -1.90. The first kappa shape index (κ1) is 27.9. The maximum atomic E-state index is 6.86. The molecule has 0 aliphatic carbocycles. The van der Waals surface area contributed by atoms with Gasteiger partial charge in [-0.25, -0.2) is 0 Å². The van der Waals surface area contributed by atoms with E-state index >= 15 is 0 Å². The molecule has 0 aliphatic rings. The number of furan rings is 1. The molecule has 0 fully saturated rings. The van der Waals surface area contributed by atoms with Crippen LogP contribution in [0.5, 0.6) is 0 Å². The van der Waals surface area contributed by atoms with Gasteiger partial charge in [0.1, 0.15) is 11.2 Å². The van der Waals surface area contributed by atoms with Gasteiger partial charge in [0.25, 0.3) is 0 Å². The molecule has 0 saturated carbocycles. The van der Waals surface area contributed by atoms with Gasteiger partial charge >= 0.3 is 0 Å². The van der Waals surface area contributed by atoms with Crippen LogP contribution in [0.1, 0.15) is 0 Å². The van der Waals surface area contributed by atoms with Crippen molar-refractivity contribution in [1.29, 1.82) is 0 Å². The zero-order valence-electron chi connectivity index (χ0n) is 26.2. The summed E-state index contributed by atoms with van der Waals surface area (Å²) in [5.74, 6) is 0. The van der Waals surface area contributed by atoms with Crippen LogP contribution < -0.4 is 5.73 Å². The number of hydrogen-bond acceptors (Lipinski definition) is 2. The Labute approximate surface area is 279 Å². The van der Waals surface area contributed by atoms with Crippen molar-refractivity contribution in [3.8, 4) is 55.6 Å². The second kappa shape index (κ2) is 11.5. The van der Waals surface area contributed by atoms with Crippen LogP contribution in [0.15, 0.2) is 180 Å². The molecule has 0 amide bonds. The Kier molecular flexibility index (Phi) is 6.65. The molecule has 2 N–H and O–H groups in total. The predicted octanol–water partition coefficient (Wildman–Crippen LogP) is 12.7. The van der Waals surface area contributed by atoms with E-state index in [4.69, 9.17) is 10.2 Å². The van der Waals surface area contributed by atoms with Crippen LogP contribution in [-0.4, -0.2) is 0 Å². The molecule has 0 aliphatic heterocycles. The molecule has 48 heavy (non-hydrogen) atoms. The van der Waals surface area contributed by atoms with E-state index in [2.05, 4.69) is 164 Å². The topological polar surface area (TPSA) is 39.2 Å². The zero-order chi connectivity index (χ0) is 32.0. The lowest BCUT2D eigenvalue weighted by atomic mass is 9.91. The van der Waals surface area contributed by atoms with E-state index in [0.717, 1.165) is 72.1 Å². The van der Waals surface area contributed by atoms with E-state index in [0.29, 0.717) is 0 Å². The normalized spacial score (nSPS) is 11.4. The maximum absolute atomic E-state index is 6.86. The molecule has 0 radical (unpaired) electrons. The number of anilines is 1. The minimum Gasteiger partial charge on any atom is -0.455 e. The molecule has 2 heteroatoms. The average Bonchev–Trinajstić information content (AvgIpc) is 3.56. The summed E-state index contributed by atoms with van der Waals surface area (Å²) in [6, 6.07) is 62.0. The second-order valence-corrected chi connectivity index (χ2v) is 12.3. The summed E-state index contributed by atoms with van der Waals surface area (Å²) in [6.07, 6.45) is 0. The lowest BCUT2D eigenvalue weighted by molar-refractivity contribution is 0.671. The van der Waals surface area contributed by atoms with E-state index in [1.54, 1.807) is 0 Å². The van der Waals surface area contributed by atoms with Crippen molar-refractivity contribution in [2.45, 2.75) is 0 Å². The smallest absolute Gasteiger partial charge is 0.143 e. The molecule has 0 unspecified atom stereocenters. The van der Waals surface area contributed by atoms with Gasteiger partial charge in [-0.05, 0) is 73.5 Å². The highest BCUT2D eigenvalue weighted by Crippen LogP contribution is 2.44. The fourth-order valence-corrected chi connectivity index (χ4v) is 7.06. The Balaban J connectivity index is 1.15. The molecule has 1 aromatic heterocycles. The third kappa shape index (κ3) is 4.74. The van der Waals surface area contributed by atoms with Gasteiger partial charge in [0.15, 0.2) is 0 Å². The quantitative estimate of drug-likeness (QED) is 0.196. The molecular formula is C46H31NO. The van der Waals surface area contributed by atoms with Crippen LogP contribution in [0, 0.1) is 0 Å². The highest BCUT2D eigenvalue weighted by Gasteiger charge is 2.19. The standard InChI is InChI=1S/C46H31NO/c47-37-26-27-38(33-20-18-31(19-21-33)30-10-3-1-4-11-30)42(29-37)35-24-22-34(23-25-35)40-16-9-17-41-44-39-15-8-7-14-36(39)28-43(46(44)48-45(40)41)32-12-5-2-6-13-32/h1-29H,47H2. The summed E-state index contributed by atoms with van der Waals surface area (Å²) in [7, 11) is 0. The molecule has 9 aromatic rings. The summed E-state index contributed by atoms with van der Waals surface area (Å²) in [5, 5.41) is 4.68. The molecule has 0 bridgehead atoms. The van der Waals surface area contributed by atoms with Crippen LogP contribution in [0.25, 0.3) is 88.3 Å². The largest absolute Gasteiger partial charge is 0.455 e. The van der Waals surface area contributed by atoms with Gasteiger partial charge in [0.2, 0.25) is 0 Å². The van der Waals surface area contributed by atoms with Crippen molar-refractivity contribution in [3.05, 3.63) is 176 Å². The number of hydrogen-bond donors (Lipinski definition) is 1. The van der Waals surface area contributed by atoms with Crippen LogP contribution in [0.2, 0.25) is 0 Å². The van der Waals surface area contributed by atoms with Crippen LogP contribution in [-0.2, 0) is 0 Å². The van der Waals surface area contributed by atoms with Crippen molar-refractivity contribution in [2.75, 3.05) is 5.73 Å². The molecule has 1 heterocycles. The Morgan fingerprint density at radius 2 is 0.875 bits per heavy atom. The third-order valence-electron chi connectivity index (χ3n) is 9.43. The highest BCUT2D eigenvalue weighted by atomic mass is 16.3. The molecule has 8 aromatic carbocycles. The first-order chi connectivity index (χ1) is 23.7. The molecule has 2 nitrogen and oxygen atoms in total. The van der Waals surface area contributed by atoms with Crippen molar-refractivity contribution < 1.29 is 4.42 Å². The second-order valence-electron chi connectivity index (χ2n) is 12.3. The lowest BCUT2D eigenvalue weighted by Gasteiger charge is -2.13. The predicted molar refractivity (Wildman–Crippen MR) is 203 cm³/mol. The van der Waals surface area contributed by atoms with Gasteiger partial charge < -0.3 is 10.2 Å². The molecular weight excluding hydrogens is 583 g/mol. The fraction of sp³-hybridized carbons (Fsp3) is 0. The van der Waals surface area contributed by atoms with Gasteiger partial charge in [-0.15, -0.1) is 0 Å². The first-order valence-electron chi connectivity index (χ1n) is 16.3. The van der Waals surface area contributed by atoms with E-state index in [1.807, 2.05) is 12.1 Å². The minimum atomic E-state index is 0.743. The van der Waals surface area contributed by atoms with Crippen LogP contribution in [0.3, 0.4) is 0 Å². The van der Waals surface area contributed by atoms with Gasteiger partial charge in [-0.2, -0.15) is 0 Å².